The van der Waals surface area contributed by atoms with Gasteiger partial charge >= 0.3 is 0 Å². The number of H-pyrrole nitrogens is 1. The third-order valence-electron chi connectivity index (χ3n) is 13.1. The van der Waals surface area contributed by atoms with Gasteiger partial charge in [-0.2, -0.15) is 0 Å². The maximum atomic E-state index is 14.6. The van der Waals surface area contributed by atoms with Crippen LogP contribution in [0.25, 0.3) is 10.9 Å². The molecule has 0 saturated carbocycles. The van der Waals surface area contributed by atoms with E-state index < -0.39 is 120 Å². The predicted molar refractivity (Wildman–Crippen MR) is 311 cm³/mol. The molecule has 82 heavy (non-hydrogen) atoms. The number of aromatic nitrogens is 1. The number of carbonyl (C=O) groups excluding carboxylic acids is 9. The predicted octanol–water partition coefficient (Wildman–Crippen LogP) is -0.683. The first-order valence-electron chi connectivity index (χ1n) is 27.7. The van der Waals surface area contributed by atoms with E-state index >= 15 is 0 Å². The van der Waals surface area contributed by atoms with Crippen molar-refractivity contribution in [2.45, 2.75) is 162 Å². The Balaban J connectivity index is 0.00000554. The highest BCUT2D eigenvalue weighted by Crippen LogP contribution is 2.20. The summed E-state index contributed by atoms with van der Waals surface area (Å²) in [5.74, 6) is -8.30. The molecule has 9 amide bonds. The minimum absolute atomic E-state index is 0.0398. The number of nitrogens with one attached hydrogen (secondary N) is 9. The topological polar surface area (TPSA) is 445 Å². The average molecular weight is 1150 g/mol. The number of hydrogen-bond acceptors (Lipinski definition) is 13. The van der Waals surface area contributed by atoms with Crippen molar-refractivity contribution in [2.24, 2.45) is 51.4 Å². The first kappa shape index (κ1) is 70.0. The summed E-state index contributed by atoms with van der Waals surface area (Å²) >= 11 is 0. The number of rotatable bonds is 34. The highest BCUT2D eigenvalue weighted by atomic mass is 16.4. The van der Waals surface area contributed by atoms with Crippen molar-refractivity contribution in [1.29, 1.82) is 0 Å². The van der Waals surface area contributed by atoms with Gasteiger partial charge in [0, 0.05) is 37.0 Å². The maximum Gasteiger partial charge on any atom is 0.300 e. The zero-order chi connectivity index (χ0) is 61.6. The zero-order valence-corrected chi connectivity index (χ0v) is 48.5. The molecule has 0 fully saturated rings. The molecule has 0 unspecified atom stereocenters. The smallest absolute Gasteiger partial charge is 0.300 e. The lowest BCUT2D eigenvalue weighted by Crippen LogP contribution is -2.61. The molecule has 2 aromatic carbocycles. The van der Waals surface area contributed by atoms with Gasteiger partial charge in [0.2, 0.25) is 53.2 Å². The second-order valence-corrected chi connectivity index (χ2v) is 21.0. The highest BCUT2D eigenvalue weighted by Gasteiger charge is 2.35. The molecule has 3 rings (SSSR count). The van der Waals surface area contributed by atoms with E-state index in [-0.39, 0.29) is 56.4 Å². The number of primary amides is 1. The first-order chi connectivity index (χ1) is 38.7. The molecular formula is C56H89N15O11. The molecule has 0 radical (unpaired) electrons. The number of nitrogens with two attached hydrogens (primary N) is 5. The third kappa shape index (κ3) is 25.5. The van der Waals surface area contributed by atoms with Gasteiger partial charge in [0.25, 0.3) is 5.97 Å². The Kier molecular flexibility index (Phi) is 31.0. The van der Waals surface area contributed by atoms with E-state index in [1.54, 1.807) is 27.0 Å². The van der Waals surface area contributed by atoms with E-state index in [1.807, 2.05) is 75.4 Å². The zero-order valence-electron chi connectivity index (χ0n) is 48.5. The standard InChI is InChI=1S/C54H85N15O9.C2H4O2/c1-8-32(6)45(69-48(73)37(56)26-34-17-10-9-11-18-34)53(78)63-33(7)47(72)66-42(27-35-28-61-38-20-13-12-19-36(35)38)50(75)67-41(25-30(2)3)51(76)68-44(31(4)5)52(77)65-40(21-14-15-23-55)49(74)62-29-43(70)64-39(46(57)71)22-16-24-60-54(58)59;1-2(3)4/h9-13,17-20,28,30-33,37,39-42,44-45,61H,8,14-16,21-27,29,55-56H2,1-7H3,(H2,57,71)(H,62,74)(H,63,78)(H,64,70)(H,65,77)(H,66,72)(H,67,75)(H,68,76)(H,69,73)(H4,58,59,60);1H3,(H,3,4)/t32-,33-,37-,39-,40-,41-,42-,44-,45-;/m0./s1. The largest absolute Gasteiger partial charge is 0.481 e. The van der Waals surface area contributed by atoms with Crippen LogP contribution in [0, 0.1) is 17.8 Å². The minimum atomic E-state index is -1.30. The number of para-hydroxylation sites is 1. The second kappa shape index (κ2) is 36.3. The molecule has 1 heterocycles. The number of nitrogens with zero attached hydrogens (tertiary/aromatic N) is 1. The maximum absolute atomic E-state index is 14.6. The second-order valence-electron chi connectivity index (χ2n) is 21.0. The number of hydrogen-bond donors (Lipinski definition) is 15. The molecule has 0 spiro atoms. The summed E-state index contributed by atoms with van der Waals surface area (Å²) < 4.78 is 0. The van der Waals surface area contributed by atoms with E-state index in [0.717, 1.165) is 23.4 Å². The molecule has 0 aliphatic heterocycles. The number of fused-ring (bicyclic) bond motifs is 1. The summed E-state index contributed by atoms with van der Waals surface area (Å²) in [4.78, 5) is 139. The molecule has 0 saturated heterocycles. The van der Waals surface area contributed by atoms with Gasteiger partial charge in [0.1, 0.15) is 42.3 Å². The Morgan fingerprint density at radius 3 is 1.79 bits per heavy atom. The van der Waals surface area contributed by atoms with Crippen molar-refractivity contribution in [1.82, 2.24) is 47.5 Å². The molecule has 0 aliphatic carbocycles. The Morgan fingerprint density at radius 1 is 0.622 bits per heavy atom. The Bertz CT molecular complexity index is 2600. The van der Waals surface area contributed by atoms with Crippen LogP contribution in [0.5, 0.6) is 0 Å². The Labute approximate surface area is 479 Å². The van der Waals surface area contributed by atoms with E-state index in [4.69, 9.17) is 38.6 Å². The summed E-state index contributed by atoms with van der Waals surface area (Å²) in [6.45, 7) is 13.2. The number of carboxylic acid groups (broad SMARTS) is 1. The summed E-state index contributed by atoms with van der Waals surface area (Å²) in [5.41, 5.74) is 30.4. The van der Waals surface area contributed by atoms with Gasteiger partial charge in [0.15, 0.2) is 5.96 Å². The van der Waals surface area contributed by atoms with Crippen LogP contribution < -0.4 is 71.2 Å². The van der Waals surface area contributed by atoms with Gasteiger partial charge in [-0.05, 0) is 93.4 Å². The quantitative estimate of drug-likeness (QED) is 0.0200. The molecule has 3 aromatic rings. The van der Waals surface area contributed by atoms with E-state index in [1.165, 1.54) is 6.92 Å². The van der Waals surface area contributed by atoms with Crippen molar-refractivity contribution >= 4 is 76.0 Å². The third-order valence-corrected chi connectivity index (χ3v) is 13.1. The van der Waals surface area contributed by atoms with Gasteiger partial charge in [-0.15, -0.1) is 0 Å². The van der Waals surface area contributed by atoms with Crippen molar-refractivity contribution in [3.63, 3.8) is 0 Å². The van der Waals surface area contributed by atoms with Crippen LogP contribution in [0.3, 0.4) is 0 Å². The van der Waals surface area contributed by atoms with E-state index in [0.29, 0.717) is 37.8 Å². The number of aromatic amines is 1. The van der Waals surface area contributed by atoms with Gasteiger partial charge < -0.3 is 81.3 Å². The fraction of sp³-hybridized carbons (Fsp3) is 0.554. The van der Waals surface area contributed by atoms with E-state index in [9.17, 15) is 43.2 Å². The lowest BCUT2D eigenvalue weighted by molar-refractivity contribution is -0.136. The Hall–Kier alpha value is -8.13. The molecule has 1 aromatic heterocycles. The number of unbranched alkanes of at least 4 members (excludes halogenated alkanes) is 1. The molecule has 20 N–H and O–H groups in total. The summed E-state index contributed by atoms with van der Waals surface area (Å²) in [7, 11) is 0. The summed E-state index contributed by atoms with van der Waals surface area (Å²) in [5, 5.41) is 29.7. The number of aliphatic imine (C=N–C) groups is 1. The van der Waals surface area contributed by atoms with Crippen LogP contribution in [0.15, 0.2) is 65.8 Å². The van der Waals surface area contributed by atoms with Crippen molar-refractivity contribution in [3.05, 3.63) is 71.9 Å². The molecule has 26 heteroatoms. The van der Waals surface area contributed by atoms with Gasteiger partial charge in [-0.1, -0.05) is 96.5 Å². The number of aliphatic carboxylic acids is 1. The normalized spacial score (nSPS) is 14.3. The van der Waals surface area contributed by atoms with Crippen molar-refractivity contribution < 1.29 is 53.1 Å². The number of benzene rings is 2. The number of guanidine groups is 1. The van der Waals surface area contributed by atoms with Crippen LogP contribution in [0.1, 0.15) is 111 Å². The van der Waals surface area contributed by atoms with Gasteiger partial charge in [0.05, 0.1) is 12.6 Å². The molecule has 9 atom stereocenters. The molecular weight excluding hydrogens is 1060 g/mol. The molecule has 26 nitrogen and oxygen atoms in total. The van der Waals surface area contributed by atoms with Crippen LogP contribution in [-0.4, -0.2) is 143 Å². The molecule has 454 valence electrons. The SMILES string of the molecule is CC(=O)O.CC[C@H](C)[C@H](NC(=O)[C@@H](N)Cc1ccccc1)C(=O)N[C@@H](C)C(=O)N[C@@H](Cc1c[nH]c2ccccc12)C(=O)N[C@@H](CC(C)C)C(=O)N[C@H](C(=O)N[C@@H](CCCCN)C(=O)NCC(=O)N[C@@H](CCCN=C(N)N)C(N)=O)C(C)C. The Morgan fingerprint density at radius 2 is 1.20 bits per heavy atom. The minimum Gasteiger partial charge on any atom is -0.481 e. The lowest BCUT2D eigenvalue weighted by atomic mass is 9.97. The first-order valence-corrected chi connectivity index (χ1v) is 27.7. The number of carboxylic acids is 1. The van der Waals surface area contributed by atoms with Crippen LogP contribution >= 0.6 is 0 Å². The average Bonchev–Trinajstić information content (AvgIpc) is 3.82. The number of amides is 9. The van der Waals surface area contributed by atoms with Gasteiger partial charge in [-0.3, -0.25) is 52.9 Å². The van der Waals surface area contributed by atoms with Crippen molar-refractivity contribution in [2.75, 3.05) is 19.6 Å². The van der Waals surface area contributed by atoms with Gasteiger partial charge in [-0.25, -0.2) is 0 Å². The summed E-state index contributed by atoms with van der Waals surface area (Å²) in [6, 6.07) is 7.42. The fourth-order valence-electron chi connectivity index (χ4n) is 8.43. The van der Waals surface area contributed by atoms with Crippen LogP contribution in [0.4, 0.5) is 0 Å². The molecule has 0 aliphatic rings. The summed E-state index contributed by atoms with van der Waals surface area (Å²) in [6.07, 6.45) is 4.06. The number of carbonyl (C=O) groups is 10. The van der Waals surface area contributed by atoms with Crippen LogP contribution in [-0.2, 0) is 60.8 Å². The fourth-order valence-corrected chi connectivity index (χ4v) is 8.43. The lowest BCUT2D eigenvalue weighted by Gasteiger charge is -2.29. The highest BCUT2D eigenvalue weighted by molar-refractivity contribution is 5.98. The monoisotopic (exact) mass is 1150 g/mol. The van der Waals surface area contributed by atoms with Crippen molar-refractivity contribution in [3.8, 4) is 0 Å². The molecule has 0 bridgehead atoms. The van der Waals surface area contributed by atoms with Crippen LogP contribution in [0.2, 0.25) is 0 Å². The van der Waals surface area contributed by atoms with E-state index in [2.05, 4.69) is 52.5 Å².